The molecule has 0 heterocycles. The van der Waals surface area contributed by atoms with Gasteiger partial charge in [-0.05, 0) is 54.8 Å². The van der Waals surface area contributed by atoms with Gasteiger partial charge in [-0.15, -0.1) is 0 Å². The van der Waals surface area contributed by atoms with Crippen molar-refractivity contribution < 1.29 is 4.39 Å². The van der Waals surface area contributed by atoms with Crippen LogP contribution in [0.2, 0.25) is 0 Å². The van der Waals surface area contributed by atoms with Crippen LogP contribution in [0, 0.1) is 12.7 Å². The van der Waals surface area contributed by atoms with Gasteiger partial charge in [-0.25, -0.2) is 4.39 Å². The highest BCUT2D eigenvalue weighted by Crippen LogP contribution is 2.29. The lowest BCUT2D eigenvalue weighted by atomic mass is 10.0. The molecule has 0 spiro atoms. The van der Waals surface area contributed by atoms with Gasteiger partial charge in [-0.3, -0.25) is 0 Å². The molecule has 0 aliphatic carbocycles. The van der Waals surface area contributed by atoms with E-state index in [2.05, 4.69) is 33.0 Å². The van der Waals surface area contributed by atoms with E-state index in [-0.39, 0.29) is 11.9 Å². The smallest absolute Gasteiger partial charge is 0.126 e. The zero-order valence-corrected chi connectivity index (χ0v) is 14.1. The number of rotatable bonds is 4. The highest BCUT2D eigenvalue weighted by Gasteiger charge is 2.14. The first kappa shape index (κ1) is 16.0. The van der Waals surface area contributed by atoms with Crippen molar-refractivity contribution in [1.29, 1.82) is 0 Å². The summed E-state index contributed by atoms with van der Waals surface area (Å²) in [6, 6.07) is 11.4. The van der Waals surface area contributed by atoms with E-state index in [0.29, 0.717) is 5.56 Å². The summed E-state index contributed by atoms with van der Waals surface area (Å²) in [4.78, 5) is 2.10. The van der Waals surface area contributed by atoms with Crippen molar-refractivity contribution in [2.75, 3.05) is 11.9 Å². The summed E-state index contributed by atoms with van der Waals surface area (Å²) in [7, 11) is 2.00. The molecule has 0 unspecified atom stereocenters. The maximum absolute atomic E-state index is 13.8. The number of aryl methyl sites for hydroxylation is 1. The molecule has 0 amide bonds. The Balaban J connectivity index is 2.34. The number of nitrogens with two attached hydrogens (primary N) is 1. The summed E-state index contributed by atoms with van der Waals surface area (Å²) in [5.41, 5.74) is 9.61. The minimum atomic E-state index is -0.208. The molecule has 0 aromatic heterocycles. The van der Waals surface area contributed by atoms with Gasteiger partial charge < -0.3 is 10.6 Å². The summed E-state index contributed by atoms with van der Waals surface area (Å²) in [5.74, 6) is -0.207. The van der Waals surface area contributed by atoms with Gasteiger partial charge >= 0.3 is 0 Å². The lowest BCUT2D eigenvalue weighted by Crippen LogP contribution is -2.20. The molecule has 0 saturated carbocycles. The highest BCUT2D eigenvalue weighted by molar-refractivity contribution is 9.10. The molecule has 2 N–H and O–H groups in total. The standard InChI is InChI=1S/C17H20BrFN2/c1-11-7-17(15(12(2)20)9-16(11)19)21(3)10-13-5-4-6-14(18)8-13/h4-9,12H,10,20H2,1-3H3/t12-/m0/s1. The van der Waals surface area contributed by atoms with Gasteiger partial charge in [-0.1, -0.05) is 28.1 Å². The van der Waals surface area contributed by atoms with Crippen molar-refractivity contribution in [2.24, 2.45) is 5.73 Å². The topological polar surface area (TPSA) is 29.3 Å². The first-order valence-corrected chi connectivity index (χ1v) is 7.69. The van der Waals surface area contributed by atoms with E-state index in [4.69, 9.17) is 5.73 Å². The third kappa shape index (κ3) is 3.83. The third-order valence-corrected chi connectivity index (χ3v) is 4.01. The fourth-order valence-corrected chi connectivity index (χ4v) is 2.82. The molecule has 0 radical (unpaired) electrons. The van der Waals surface area contributed by atoms with Crippen LogP contribution in [0.5, 0.6) is 0 Å². The summed E-state index contributed by atoms with van der Waals surface area (Å²) in [6.45, 7) is 4.39. The van der Waals surface area contributed by atoms with Gasteiger partial charge in [0.05, 0.1) is 0 Å². The number of benzene rings is 2. The molecule has 2 rings (SSSR count). The van der Waals surface area contributed by atoms with E-state index in [1.165, 1.54) is 5.56 Å². The van der Waals surface area contributed by atoms with Crippen molar-refractivity contribution in [3.05, 3.63) is 63.4 Å². The molecule has 2 aromatic carbocycles. The molecule has 0 saturated heterocycles. The van der Waals surface area contributed by atoms with Crippen LogP contribution in [0.1, 0.15) is 29.7 Å². The third-order valence-electron chi connectivity index (χ3n) is 3.52. The summed E-state index contributed by atoms with van der Waals surface area (Å²) in [5, 5.41) is 0. The molecule has 2 aromatic rings. The van der Waals surface area contributed by atoms with Crippen LogP contribution in [0.3, 0.4) is 0 Å². The normalized spacial score (nSPS) is 12.3. The molecule has 0 fully saturated rings. The number of hydrogen-bond acceptors (Lipinski definition) is 2. The van der Waals surface area contributed by atoms with Gasteiger partial charge in [0.2, 0.25) is 0 Å². The summed E-state index contributed by atoms with van der Waals surface area (Å²) >= 11 is 3.48. The molecule has 0 aliphatic heterocycles. The fraction of sp³-hybridized carbons (Fsp3) is 0.294. The van der Waals surface area contributed by atoms with Crippen molar-refractivity contribution in [2.45, 2.75) is 26.4 Å². The lowest BCUT2D eigenvalue weighted by Gasteiger charge is -2.25. The molecule has 0 aliphatic rings. The minimum Gasteiger partial charge on any atom is -0.370 e. The predicted octanol–water partition coefficient (Wildman–Crippen LogP) is 4.55. The second-order valence-corrected chi connectivity index (χ2v) is 6.35. The first-order valence-electron chi connectivity index (χ1n) is 6.89. The second kappa shape index (κ2) is 6.58. The van der Waals surface area contributed by atoms with Gasteiger partial charge in [-0.2, -0.15) is 0 Å². The Kier molecular flexibility index (Phi) is 5.01. The van der Waals surface area contributed by atoms with E-state index >= 15 is 0 Å². The second-order valence-electron chi connectivity index (χ2n) is 5.43. The minimum absolute atomic E-state index is 0.207. The first-order chi connectivity index (χ1) is 9.88. The highest BCUT2D eigenvalue weighted by atomic mass is 79.9. The van der Waals surface area contributed by atoms with Crippen LogP contribution in [0.15, 0.2) is 40.9 Å². The Bertz CT molecular complexity index is 641. The van der Waals surface area contributed by atoms with E-state index in [0.717, 1.165) is 22.3 Å². The zero-order valence-electron chi connectivity index (χ0n) is 12.5. The summed E-state index contributed by atoms with van der Waals surface area (Å²) in [6.07, 6.45) is 0. The number of nitrogens with zero attached hydrogens (tertiary/aromatic N) is 1. The van der Waals surface area contributed by atoms with Crippen LogP contribution in [-0.2, 0) is 6.54 Å². The Hall–Kier alpha value is -1.39. The van der Waals surface area contributed by atoms with E-state index in [1.54, 1.807) is 13.0 Å². The summed E-state index contributed by atoms with van der Waals surface area (Å²) < 4.78 is 14.8. The van der Waals surface area contributed by atoms with E-state index < -0.39 is 0 Å². The molecular weight excluding hydrogens is 331 g/mol. The number of hydrogen-bond donors (Lipinski definition) is 1. The van der Waals surface area contributed by atoms with Crippen molar-refractivity contribution >= 4 is 21.6 Å². The van der Waals surface area contributed by atoms with Crippen molar-refractivity contribution in [1.82, 2.24) is 0 Å². The van der Waals surface area contributed by atoms with Gasteiger partial charge in [0.15, 0.2) is 0 Å². The molecule has 21 heavy (non-hydrogen) atoms. The average molecular weight is 351 g/mol. The molecule has 0 bridgehead atoms. The number of halogens is 2. The van der Waals surface area contributed by atoms with Gasteiger partial charge in [0, 0.05) is 29.8 Å². The Morgan fingerprint density at radius 2 is 2.00 bits per heavy atom. The molecule has 4 heteroatoms. The van der Waals surface area contributed by atoms with Crippen molar-refractivity contribution in [3.8, 4) is 0 Å². The van der Waals surface area contributed by atoms with Crippen LogP contribution in [0.25, 0.3) is 0 Å². The lowest BCUT2D eigenvalue weighted by molar-refractivity contribution is 0.612. The maximum atomic E-state index is 13.8. The quantitative estimate of drug-likeness (QED) is 0.876. The van der Waals surface area contributed by atoms with Crippen LogP contribution >= 0.6 is 15.9 Å². The Labute approximate surface area is 133 Å². The van der Waals surface area contributed by atoms with Gasteiger partial charge in [0.1, 0.15) is 5.82 Å². The average Bonchev–Trinajstić information content (AvgIpc) is 2.41. The van der Waals surface area contributed by atoms with Crippen LogP contribution in [-0.4, -0.2) is 7.05 Å². The molecule has 112 valence electrons. The van der Waals surface area contributed by atoms with E-state index in [9.17, 15) is 4.39 Å². The molecular formula is C17H20BrFN2. The van der Waals surface area contributed by atoms with Crippen molar-refractivity contribution in [3.63, 3.8) is 0 Å². The molecule has 2 nitrogen and oxygen atoms in total. The fourth-order valence-electron chi connectivity index (χ4n) is 2.37. The Morgan fingerprint density at radius 3 is 2.62 bits per heavy atom. The predicted molar refractivity (Wildman–Crippen MR) is 90.0 cm³/mol. The largest absolute Gasteiger partial charge is 0.370 e. The number of anilines is 1. The van der Waals surface area contributed by atoms with Crippen LogP contribution < -0.4 is 10.6 Å². The zero-order chi connectivity index (χ0) is 15.6. The monoisotopic (exact) mass is 350 g/mol. The van der Waals surface area contributed by atoms with Crippen LogP contribution in [0.4, 0.5) is 10.1 Å². The maximum Gasteiger partial charge on any atom is 0.126 e. The van der Waals surface area contributed by atoms with Gasteiger partial charge in [0.25, 0.3) is 0 Å². The Morgan fingerprint density at radius 1 is 1.29 bits per heavy atom. The van der Waals surface area contributed by atoms with E-state index in [1.807, 2.05) is 32.2 Å². The molecule has 1 atom stereocenters. The SMILES string of the molecule is Cc1cc(N(C)Cc2cccc(Br)c2)c([C@H](C)N)cc1F.